The molecule has 0 spiro atoms. The number of alkyl halides is 3. The largest absolute Gasteiger partial charge is 0.393 e. The van der Waals surface area contributed by atoms with E-state index in [4.69, 9.17) is 0 Å². The van der Waals surface area contributed by atoms with E-state index in [1.165, 1.54) is 12.1 Å². The smallest absolute Gasteiger partial charge is 0.207 e. The molecule has 3 atom stereocenters. The number of aryl methyl sites for hydroxylation is 1. The monoisotopic (exact) mass is 293 g/mol. The van der Waals surface area contributed by atoms with Gasteiger partial charge < -0.3 is 0 Å². The summed E-state index contributed by atoms with van der Waals surface area (Å²) >= 11 is 0. The van der Waals surface area contributed by atoms with Crippen molar-refractivity contribution < 1.29 is 21.6 Å². The van der Waals surface area contributed by atoms with Gasteiger partial charge in [0.05, 0.1) is 16.9 Å². The van der Waals surface area contributed by atoms with Crippen molar-refractivity contribution in [3.63, 3.8) is 0 Å². The number of rotatable bonds is 3. The highest BCUT2D eigenvalue weighted by Gasteiger charge is 2.55. The summed E-state index contributed by atoms with van der Waals surface area (Å²) in [5.74, 6) is -1.65. The van der Waals surface area contributed by atoms with Crippen molar-refractivity contribution in [1.29, 1.82) is 0 Å². The van der Waals surface area contributed by atoms with E-state index in [1.54, 1.807) is 12.1 Å². The Hall–Kier alpha value is -1.08. The highest BCUT2D eigenvalue weighted by atomic mass is 32.2. The minimum Gasteiger partial charge on any atom is -0.207 e. The fraction of sp³-hybridized carbons (Fsp3) is 0.500. The predicted molar refractivity (Wildman–Crippen MR) is 64.1 cm³/mol. The minimum absolute atomic E-state index is 0.0370. The minimum atomic E-state index is -4.37. The summed E-state index contributed by atoms with van der Waals surface area (Å²) in [6.07, 6.45) is -4.37. The first-order valence-corrected chi connectivity index (χ1v) is 7.23. The van der Waals surface area contributed by atoms with Gasteiger partial charge in [-0.15, -0.1) is 0 Å². The van der Waals surface area contributed by atoms with Gasteiger partial charge in [0.2, 0.25) is 10.0 Å². The van der Waals surface area contributed by atoms with Crippen LogP contribution < -0.4 is 0 Å². The van der Waals surface area contributed by atoms with Gasteiger partial charge >= 0.3 is 6.18 Å². The molecule has 1 aromatic rings. The fourth-order valence-electron chi connectivity index (χ4n) is 1.88. The molecule has 0 aromatic heterocycles. The zero-order chi connectivity index (χ0) is 14.4. The van der Waals surface area contributed by atoms with Gasteiger partial charge in [0, 0.05) is 6.54 Å². The quantitative estimate of drug-likeness (QED) is 0.803. The van der Waals surface area contributed by atoms with E-state index >= 15 is 0 Å². The zero-order valence-corrected chi connectivity index (χ0v) is 11.3. The van der Waals surface area contributed by atoms with E-state index in [2.05, 4.69) is 0 Å². The number of hydrogen-bond donors (Lipinski definition) is 0. The SMILES string of the molecule is Cc1ccc(S(=O)(=O)N2CC2C(C)C(F)(F)F)cc1. The van der Waals surface area contributed by atoms with E-state index in [1.807, 2.05) is 6.92 Å². The summed E-state index contributed by atoms with van der Waals surface area (Å²) in [6.45, 7) is 2.74. The van der Waals surface area contributed by atoms with Crippen molar-refractivity contribution >= 4 is 10.0 Å². The Morgan fingerprint density at radius 3 is 2.26 bits per heavy atom. The summed E-state index contributed by atoms with van der Waals surface area (Å²) in [4.78, 5) is 0.0370. The zero-order valence-electron chi connectivity index (χ0n) is 10.5. The van der Waals surface area contributed by atoms with E-state index in [0.717, 1.165) is 16.8 Å². The number of hydrogen-bond acceptors (Lipinski definition) is 2. The molecule has 0 amide bonds. The Kier molecular flexibility index (Phi) is 3.38. The van der Waals surface area contributed by atoms with Gasteiger partial charge in [0.1, 0.15) is 0 Å². The van der Waals surface area contributed by atoms with Crippen LogP contribution in [0.4, 0.5) is 13.2 Å². The number of nitrogens with zero attached hydrogens (tertiary/aromatic N) is 1. The standard InChI is InChI=1S/C12H14F3NO2S/c1-8-3-5-10(6-4-8)19(17,18)16-7-11(16)9(2)12(13,14)15/h3-6,9,11H,7H2,1-2H3. The molecular formula is C12H14F3NO2S. The van der Waals surface area contributed by atoms with Crippen LogP contribution in [0.1, 0.15) is 12.5 Å². The van der Waals surface area contributed by atoms with Gasteiger partial charge in [0.15, 0.2) is 0 Å². The highest BCUT2D eigenvalue weighted by molar-refractivity contribution is 7.89. The Balaban J connectivity index is 2.18. The van der Waals surface area contributed by atoms with Crippen LogP contribution in [0.15, 0.2) is 29.2 Å². The molecule has 1 aromatic carbocycles. The lowest BCUT2D eigenvalue weighted by molar-refractivity contribution is -0.170. The molecule has 3 nitrogen and oxygen atoms in total. The van der Waals surface area contributed by atoms with E-state index in [0.29, 0.717) is 0 Å². The molecule has 0 aliphatic carbocycles. The second-order valence-electron chi connectivity index (χ2n) is 4.79. The van der Waals surface area contributed by atoms with Crippen LogP contribution in [0, 0.1) is 12.8 Å². The van der Waals surface area contributed by atoms with Crippen molar-refractivity contribution in [3.8, 4) is 0 Å². The van der Waals surface area contributed by atoms with Crippen molar-refractivity contribution in [2.45, 2.75) is 31.0 Å². The molecule has 1 fully saturated rings. The highest BCUT2D eigenvalue weighted by Crippen LogP contribution is 2.40. The lowest BCUT2D eigenvalue weighted by atomic mass is 10.1. The molecule has 2 rings (SSSR count). The van der Waals surface area contributed by atoms with Crippen LogP contribution in [-0.4, -0.2) is 31.5 Å². The molecule has 19 heavy (non-hydrogen) atoms. The third-order valence-electron chi connectivity index (χ3n) is 3.32. The lowest BCUT2D eigenvalue weighted by Crippen LogP contribution is -2.28. The van der Waals surface area contributed by atoms with Crippen LogP contribution >= 0.6 is 0 Å². The summed E-state index contributed by atoms with van der Waals surface area (Å²) in [5, 5.41) is 0. The molecule has 0 bridgehead atoms. The van der Waals surface area contributed by atoms with Crippen LogP contribution in [-0.2, 0) is 10.0 Å². The van der Waals surface area contributed by atoms with Gasteiger partial charge in [-0.2, -0.15) is 17.5 Å². The first kappa shape index (κ1) is 14.3. The molecular weight excluding hydrogens is 279 g/mol. The third kappa shape index (κ3) is 2.76. The van der Waals surface area contributed by atoms with E-state index in [9.17, 15) is 21.6 Å². The van der Waals surface area contributed by atoms with Crippen molar-refractivity contribution in [1.82, 2.24) is 4.31 Å². The van der Waals surface area contributed by atoms with Crippen LogP contribution in [0.5, 0.6) is 0 Å². The Morgan fingerprint density at radius 2 is 1.79 bits per heavy atom. The third-order valence-corrected chi connectivity index (χ3v) is 5.23. The molecule has 3 unspecified atom stereocenters. The molecule has 0 saturated carbocycles. The van der Waals surface area contributed by atoms with Crippen molar-refractivity contribution in [3.05, 3.63) is 29.8 Å². The van der Waals surface area contributed by atoms with E-state index < -0.39 is 28.2 Å². The average molecular weight is 293 g/mol. The number of sulfonamides is 1. The Morgan fingerprint density at radius 1 is 1.26 bits per heavy atom. The molecule has 1 aliphatic heterocycles. The average Bonchev–Trinajstić information content (AvgIpc) is 3.07. The summed E-state index contributed by atoms with van der Waals surface area (Å²) in [5.41, 5.74) is 0.893. The van der Waals surface area contributed by atoms with Crippen molar-refractivity contribution in [2.75, 3.05) is 6.54 Å². The number of benzene rings is 1. The predicted octanol–water partition coefficient (Wildman–Crippen LogP) is 2.57. The molecule has 0 N–H and O–H groups in total. The first-order chi connectivity index (χ1) is 8.64. The van der Waals surface area contributed by atoms with Gasteiger partial charge in [-0.25, -0.2) is 8.42 Å². The van der Waals surface area contributed by atoms with Crippen molar-refractivity contribution in [2.24, 2.45) is 5.92 Å². The normalized spacial score (nSPS) is 25.1. The van der Waals surface area contributed by atoms with Crippen LogP contribution in [0.2, 0.25) is 0 Å². The molecule has 7 heteroatoms. The summed E-state index contributed by atoms with van der Waals surface area (Å²) in [6, 6.07) is 5.10. The maximum atomic E-state index is 12.5. The van der Waals surface area contributed by atoms with Gasteiger partial charge in [-0.05, 0) is 19.1 Å². The summed E-state index contributed by atoms with van der Waals surface area (Å²) in [7, 11) is -3.80. The molecule has 1 saturated heterocycles. The molecule has 106 valence electrons. The molecule has 1 aliphatic rings. The molecule has 0 radical (unpaired) electrons. The second kappa shape index (κ2) is 4.49. The first-order valence-electron chi connectivity index (χ1n) is 5.79. The fourth-order valence-corrected chi connectivity index (χ4v) is 3.52. The van der Waals surface area contributed by atoms with Crippen LogP contribution in [0.3, 0.4) is 0 Å². The van der Waals surface area contributed by atoms with Gasteiger partial charge in [0.25, 0.3) is 0 Å². The van der Waals surface area contributed by atoms with Crippen LogP contribution in [0.25, 0.3) is 0 Å². The Bertz CT molecular complexity index is 566. The number of halogens is 3. The second-order valence-corrected chi connectivity index (χ2v) is 6.68. The molecule has 1 heterocycles. The van der Waals surface area contributed by atoms with Gasteiger partial charge in [-0.1, -0.05) is 24.6 Å². The maximum Gasteiger partial charge on any atom is 0.393 e. The summed E-state index contributed by atoms with van der Waals surface area (Å²) < 4.78 is 62.7. The van der Waals surface area contributed by atoms with E-state index in [-0.39, 0.29) is 11.4 Å². The maximum absolute atomic E-state index is 12.5. The van der Waals surface area contributed by atoms with Gasteiger partial charge in [-0.3, -0.25) is 0 Å². The lowest BCUT2D eigenvalue weighted by Gasteiger charge is -2.15. The topological polar surface area (TPSA) is 37.1 Å². The Labute approximate surface area is 110 Å².